The fourth-order valence-electron chi connectivity index (χ4n) is 2.32. The molecule has 0 aromatic heterocycles. The van der Waals surface area contributed by atoms with Crippen molar-refractivity contribution < 1.29 is 28.5 Å². The molecule has 1 N–H and O–H groups in total. The zero-order valence-electron chi connectivity index (χ0n) is 15.5. The lowest BCUT2D eigenvalue weighted by Crippen LogP contribution is -2.50. The zero-order valence-corrected chi connectivity index (χ0v) is 16.5. The summed E-state index contributed by atoms with van der Waals surface area (Å²) < 4.78 is 22.8. The van der Waals surface area contributed by atoms with Crippen LogP contribution in [-0.4, -0.2) is 57.7 Å². The molecule has 1 aliphatic heterocycles. The molecule has 0 radical (unpaired) electrons. The maximum absolute atomic E-state index is 11.0. The van der Waals surface area contributed by atoms with Crippen LogP contribution in [0.15, 0.2) is 0 Å². The van der Waals surface area contributed by atoms with Crippen LogP contribution in [0.3, 0.4) is 0 Å². The Labute approximate surface area is 145 Å². The highest BCUT2D eigenvalue weighted by molar-refractivity contribution is 6.74. The summed E-state index contributed by atoms with van der Waals surface area (Å²) in [6.07, 6.45) is 5.08. The average Bonchev–Trinajstić information content (AvgIpc) is 2.79. The maximum Gasteiger partial charge on any atom is 0.305 e. The highest BCUT2D eigenvalue weighted by Crippen LogP contribution is 2.40. The molecule has 0 spiro atoms. The maximum atomic E-state index is 11.0. The Balaban J connectivity index is 2.93. The normalized spacial score (nSPS) is 27.9. The molecular formula is C17H30O6Si. The number of rotatable bonds is 8. The van der Waals surface area contributed by atoms with Crippen LogP contribution in [0.2, 0.25) is 18.1 Å². The van der Waals surface area contributed by atoms with Gasteiger partial charge in [-0.3, -0.25) is 4.79 Å². The average molecular weight is 359 g/mol. The van der Waals surface area contributed by atoms with Crippen molar-refractivity contribution in [2.45, 2.75) is 69.6 Å². The van der Waals surface area contributed by atoms with Gasteiger partial charge in [0.2, 0.25) is 0 Å². The summed E-state index contributed by atoms with van der Waals surface area (Å²) in [5.41, 5.74) is -1.09. The summed E-state index contributed by atoms with van der Waals surface area (Å²) in [5.74, 6) is 1.74. The number of methoxy groups -OCH3 is 1. The fourth-order valence-corrected chi connectivity index (χ4v) is 3.33. The number of terminal acetylenes is 1. The smallest absolute Gasteiger partial charge is 0.305 e. The molecule has 6 nitrogen and oxygen atoms in total. The van der Waals surface area contributed by atoms with Gasteiger partial charge in [-0.25, -0.2) is 0 Å². The van der Waals surface area contributed by atoms with Gasteiger partial charge in [-0.05, 0) is 18.1 Å². The summed E-state index contributed by atoms with van der Waals surface area (Å²) in [5, 5.41) is 9.06. The highest BCUT2D eigenvalue weighted by atomic mass is 28.4. The number of carboxylic acid groups (broad SMARTS) is 1. The first-order chi connectivity index (χ1) is 11.0. The summed E-state index contributed by atoms with van der Waals surface area (Å²) in [6, 6.07) is 0. The van der Waals surface area contributed by atoms with E-state index < -0.39 is 32.1 Å². The van der Waals surface area contributed by atoms with Crippen molar-refractivity contribution in [3.8, 4) is 12.3 Å². The number of ether oxygens (including phenoxy) is 3. The van der Waals surface area contributed by atoms with Crippen molar-refractivity contribution in [1.82, 2.24) is 0 Å². The molecule has 0 saturated carbocycles. The molecule has 7 heteroatoms. The first-order valence-electron chi connectivity index (χ1n) is 8.09. The first-order valence-corrected chi connectivity index (χ1v) is 11.0. The van der Waals surface area contributed by atoms with Gasteiger partial charge in [-0.1, -0.05) is 26.7 Å². The van der Waals surface area contributed by atoms with E-state index in [1.54, 1.807) is 0 Å². The third kappa shape index (κ3) is 5.04. The third-order valence-electron chi connectivity index (χ3n) is 4.86. The lowest BCUT2D eigenvalue weighted by Gasteiger charge is -2.39. The van der Waals surface area contributed by atoms with Crippen molar-refractivity contribution in [3.05, 3.63) is 0 Å². The van der Waals surface area contributed by atoms with E-state index >= 15 is 0 Å². The quantitative estimate of drug-likeness (QED) is 0.408. The monoisotopic (exact) mass is 358 g/mol. The molecule has 0 aromatic carbocycles. The van der Waals surface area contributed by atoms with Crippen molar-refractivity contribution in [1.29, 1.82) is 0 Å². The largest absolute Gasteiger partial charge is 0.481 e. The Hall–Kier alpha value is -0.913. The molecule has 1 fully saturated rings. The number of hydrogen-bond acceptors (Lipinski definition) is 5. The van der Waals surface area contributed by atoms with Gasteiger partial charge in [0.1, 0.15) is 12.9 Å². The molecule has 0 aliphatic carbocycles. The van der Waals surface area contributed by atoms with Crippen LogP contribution in [0, 0.1) is 12.3 Å². The van der Waals surface area contributed by atoms with Crippen LogP contribution in [0.25, 0.3) is 0 Å². The summed E-state index contributed by atoms with van der Waals surface area (Å²) in [6.45, 7) is 10.9. The highest BCUT2D eigenvalue weighted by Gasteiger charge is 2.51. The SMILES string of the molecule is C#C[C@]1(CO[Si](C)(C)C(C)(C)C)OC(CC(=O)O)C[C@@H]1OCOC. The van der Waals surface area contributed by atoms with Crippen molar-refractivity contribution in [2.75, 3.05) is 20.5 Å². The topological polar surface area (TPSA) is 74.2 Å². The molecule has 1 saturated heterocycles. The summed E-state index contributed by atoms with van der Waals surface area (Å²) in [7, 11) is -0.507. The number of aliphatic carboxylic acids is 1. The van der Waals surface area contributed by atoms with Gasteiger partial charge in [0, 0.05) is 13.5 Å². The second-order valence-electron chi connectivity index (χ2n) is 7.72. The summed E-state index contributed by atoms with van der Waals surface area (Å²) >= 11 is 0. The Morgan fingerprint density at radius 2 is 2.08 bits per heavy atom. The molecule has 1 unspecified atom stereocenters. The predicted molar refractivity (Wildman–Crippen MR) is 93.2 cm³/mol. The predicted octanol–water partition coefficient (Wildman–Crippen LogP) is 2.63. The van der Waals surface area contributed by atoms with Crippen LogP contribution in [0.5, 0.6) is 0 Å². The Bertz CT molecular complexity index is 478. The third-order valence-corrected chi connectivity index (χ3v) is 9.34. The molecule has 0 bridgehead atoms. The van der Waals surface area contributed by atoms with Crippen LogP contribution < -0.4 is 0 Å². The van der Waals surface area contributed by atoms with Crippen LogP contribution in [0.4, 0.5) is 0 Å². The van der Waals surface area contributed by atoms with E-state index in [2.05, 4.69) is 39.8 Å². The van der Waals surface area contributed by atoms with Gasteiger partial charge >= 0.3 is 5.97 Å². The number of carboxylic acids is 1. The minimum atomic E-state index is -2.03. The van der Waals surface area contributed by atoms with E-state index in [4.69, 9.17) is 30.2 Å². The second-order valence-corrected chi connectivity index (χ2v) is 12.5. The lowest BCUT2D eigenvalue weighted by atomic mass is 9.97. The summed E-state index contributed by atoms with van der Waals surface area (Å²) in [4.78, 5) is 11.0. The zero-order chi connectivity index (χ0) is 18.6. The van der Waals surface area contributed by atoms with Crippen molar-refractivity contribution in [3.63, 3.8) is 0 Å². The van der Waals surface area contributed by atoms with Gasteiger partial charge in [-0.15, -0.1) is 6.42 Å². The van der Waals surface area contributed by atoms with Gasteiger partial charge in [0.15, 0.2) is 13.9 Å². The molecule has 0 aromatic rings. The standard InChI is InChI=1S/C17H30O6Si/c1-8-17(11-22-24(6,7)16(2,3)4)14(21-12-20-5)9-13(23-17)10-15(18)19/h1,13-14H,9-12H2,2-7H3,(H,18,19)/t13?,14-,17+/m0/s1. The Morgan fingerprint density at radius 1 is 1.46 bits per heavy atom. The van der Waals surface area contributed by atoms with Crippen LogP contribution >= 0.6 is 0 Å². The van der Waals surface area contributed by atoms with E-state index in [0.29, 0.717) is 6.42 Å². The van der Waals surface area contributed by atoms with E-state index in [1.165, 1.54) is 7.11 Å². The van der Waals surface area contributed by atoms with Crippen molar-refractivity contribution in [2.24, 2.45) is 0 Å². The molecule has 1 aliphatic rings. The van der Waals surface area contributed by atoms with Gasteiger partial charge in [-0.2, -0.15) is 0 Å². The first kappa shape index (κ1) is 21.1. The molecule has 138 valence electrons. The second kappa shape index (κ2) is 7.98. The fraction of sp³-hybridized carbons (Fsp3) is 0.824. The van der Waals surface area contributed by atoms with E-state index in [-0.39, 0.29) is 24.9 Å². The van der Waals surface area contributed by atoms with Crippen molar-refractivity contribution >= 4 is 14.3 Å². The number of carbonyl (C=O) groups is 1. The molecule has 24 heavy (non-hydrogen) atoms. The number of hydrogen-bond donors (Lipinski definition) is 1. The van der Waals surface area contributed by atoms with Gasteiger partial charge in [0.05, 0.1) is 19.1 Å². The lowest BCUT2D eigenvalue weighted by molar-refractivity contribution is -0.144. The molecule has 3 atom stereocenters. The molecule has 0 amide bonds. The van der Waals surface area contributed by atoms with Crippen LogP contribution in [0.1, 0.15) is 33.6 Å². The van der Waals surface area contributed by atoms with Gasteiger partial charge in [0.25, 0.3) is 0 Å². The minimum absolute atomic E-state index is 0.0325. The van der Waals surface area contributed by atoms with E-state index in [0.717, 1.165) is 0 Å². The van der Waals surface area contributed by atoms with E-state index in [9.17, 15) is 4.79 Å². The molecule has 1 heterocycles. The van der Waals surface area contributed by atoms with E-state index in [1.807, 2.05) is 0 Å². The molecular weight excluding hydrogens is 328 g/mol. The molecule has 1 rings (SSSR count). The Morgan fingerprint density at radius 3 is 2.54 bits per heavy atom. The minimum Gasteiger partial charge on any atom is -0.481 e. The Kier molecular flexibility index (Phi) is 7.02. The van der Waals surface area contributed by atoms with Gasteiger partial charge < -0.3 is 23.7 Å². The van der Waals surface area contributed by atoms with Crippen LogP contribution in [-0.2, 0) is 23.4 Å².